The summed E-state index contributed by atoms with van der Waals surface area (Å²) < 4.78 is 10.4. The van der Waals surface area contributed by atoms with Crippen molar-refractivity contribution < 1.29 is 19.1 Å². The molecule has 0 aliphatic rings. The Labute approximate surface area is 183 Å². The molecule has 10 heteroatoms. The fourth-order valence-corrected chi connectivity index (χ4v) is 3.01. The van der Waals surface area contributed by atoms with Crippen LogP contribution in [0.5, 0.6) is 11.5 Å². The molecule has 0 fully saturated rings. The number of hydrogen-bond donors (Lipinski definition) is 2. The Morgan fingerprint density at radius 2 is 1.48 bits per heavy atom. The Morgan fingerprint density at radius 3 is 2.07 bits per heavy atom. The summed E-state index contributed by atoms with van der Waals surface area (Å²) in [5.74, 6) is 0.190. The van der Waals surface area contributed by atoms with Gasteiger partial charge in [0.25, 0.3) is 0 Å². The first-order valence-electron chi connectivity index (χ1n) is 8.38. The molecule has 2 rings (SSSR count). The van der Waals surface area contributed by atoms with Crippen LogP contribution in [0.15, 0.2) is 30.3 Å². The Morgan fingerprint density at radius 1 is 0.862 bits per heavy atom. The van der Waals surface area contributed by atoms with Gasteiger partial charge in [-0.25, -0.2) is 0 Å². The zero-order chi connectivity index (χ0) is 21.6. The average molecular weight is 461 g/mol. The lowest BCUT2D eigenvalue weighted by Gasteiger charge is -2.17. The van der Waals surface area contributed by atoms with Crippen molar-refractivity contribution in [2.24, 2.45) is 0 Å². The van der Waals surface area contributed by atoms with E-state index in [1.54, 1.807) is 36.2 Å². The van der Waals surface area contributed by atoms with Crippen molar-refractivity contribution in [1.29, 1.82) is 0 Å². The fraction of sp³-hybridized carbons (Fsp3) is 0.263. The molecule has 0 aromatic heterocycles. The number of amides is 2. The lowest BCUT2D eigenvalue weighted by atomic mass is 10.2. The molecule has 0 saturated heterocycles. The molecule has 0 heterocycles. The molecule has 2 amide bonds. The van der Waals surface area contributed by atoms with Crippen molar-refractivity contribution in [3.05, 3.63) is 45.4 Å². The number of carbonyl (C=O) groups is 2. The standard InChI is InChI=1S/C19H20Cl3N3O4/c1-25(9-18(26)23-11-4-5-12(20)13(21)6-11)10-19(27)24-15-7-14(22)16(28-2)8-17(15)29-3/h4-8H,9-10H2,1-3H3,(H,23,26)(H,24,27). The van der Waals surface area contributed by atoms with Crippen molar-refractivity contribution in [2.75, 3.05) is 45.0 Å². The predicted octanol–water partition coefficient (Wildman–Crippen LogP) is 4.17. The van der Waals surface area contributed by atoms with E-state index in [0.29, 0.717) is 37.9 Å². The average Bonchev–Trinajstić information content (AvgIpc) is 2.64. The van der Waals surface area contributed by atoms with Gasteiger partial charge in [-0.2, -0.15) is 0 Å². The van der Waals surface area contributed by atoms with E-state index in [0.717, 1.165) is 0 Å². The molecule has 2 aromatic carbocycles. The minimum atomic E-state index is -0.339. The summed E-state index contributed by atoms with van der Waals surface area (Å²) in [7, 11) is 4.60. The van der Waals surface area contributed by atoms with E-state index in [1.807, 2.05) is 0 Å². The van der Waals surface area contributed by atoms with E-state index in [1.165, 1.54) is 20.3 Å². The summed E-state index contributed by atoms with van der Waals surface area (Å²) >= 11 is 17.9. The van der Waals surface area contributed by atoms with Gasteiger partial charge in [0.1, 0.15) is 11.5 Å². The van der Waals surface area contributed by atoms with Crippen LogP contribution in [-0.2, 0) is 9.59 Å². The smallest absolute Gasteiger partial charge is 0.238 e. The molecule has 156 valence electrons. The summed E-state index contributed by atoms with van der Waals surface area (Å²) in [5.41, 5.74) is 0.914. The number of carbonyl (C=O) groups excluding carboxylic acids is 2. The summed E-state index contributed by atoms with van der Waals surface area (Å²) in [6.07, 6.45) is 0. The van der Waals surface area contributed by atoms with Crippen LogP contribution in [0.2, 0.25) is 15.1 Å². The molecule has 29 heavy (non-hydrogen) atoms. The maximum Gasteiger partial charge on any atom is 0.238 e. The predicted molar refractivity (Wildman–Crippen MR) is 116 cm³/mol. The first-order valence-corrected chi connectivity index (χ1v) is 9.51. The number of ether oxygens (including phenoxy) is 2. The second kappa shape index (κ2) is 10.5. The van der Waals surface area contributed by atoms with Crippen molar-refractivity contribution >= 4 is 58.0 Å². The molecule has 0 unspecified atom stereocenters. The van der Waals surface area contributed by atoms with E-state index >= 15 is 0 Å². The number of rotatable bonds is 8. The van der Waals surface area contributed by atoms with Crippen molar-refractivity contribution in [1.82, 2.24) is 4.90 Å². The third-order valence-corrected chi connectivity index (χ3v) is 4.81. The van der Waals surface area contributed by atoms with Gasteiger partial charge in [-0.15, -0.1) is 0 Å². The molecule has 7 nitrogen and oxygen atoms in total. The number of nitrogens with zero attached hydrogens (tertiary/aromatic N) is 1. The van der Waals surface area contributed by atoms with Gasteiger partial charge in [0.15, 0.2) is 0 Å². The molecule has 0 bridgehead atoms. The molecular weight excluding hydrogens is 441 g/mol. The van der Waals surface area contributed by atoms with E-state index < -0.39 is 0 Å². The largest absolute Gasteiger partial charge is 0.495 e. The number of halogens is 3. The monoisotopic (exact) mass is 459 g/mol. The Bertz CT molecular complexity index is 909. The third-order valence-electron chi connectivity index (χ3n) is 3.78. The number of anilines is 2. The van der Waals surface area contributed by atoms with Crippen LogP contribution in [0.4, 0.5) is 11.4 Å². The molecule has 2 N–H and O–H groups in total. The maximum absolute atomic E-state index is 12.3. The van der Waals surface area contributed by atoms with Gasteiger partial charge in [-0.1, -0.05) is 34.8 Å². The molecule has 0 radical (unpaired) electrons. The first kappa shape index (κ1) is 23.1. The van der Waals surface area contributed by atoms with Gasteiger partial charge >= 0.3 is 0 Å². The van der Waals surface area contributed by atoms with Gasteiger partial charge in [0.2, 0.25) is 11.8 Å². The lowest BCUT2D eigenvalue weighted by molar-refractivity contribution is -0.119. The van der Waals surface area contributed by atoms with Crippen LogP contribution in [0.3, 0.4) is 0 Å². The van der Waals surface area contributed by atoms with Crippen LogP contribution in [0.1, 0.15) is 0 Å². The van der Waals surface area contributed by atoms with E-state index in [9.17, 15) is 9.59 Å². The SMILES string of the molecule is COc1cc(OC)c(NC(=O)CN(C)CC(=O)Nc2ccc(Cl)c(Cl)c2)cc1Cl. The molecule has 0 aliphatic carbocycles. The maximum atomic E-state index is 12.3. The highest BCUT2D eigenvalue weighted by molar-refractivity contribution is 6.42. The highest BCUT2D eigenvalue weighted by Crippen LogP contribution is 2.35. The van der Waals surface area contributed by atoms with E-state index in [2.05, 4.69) is 10.6 Å². The molecule has 0 aliphatic heterocycles. The van der Waals surface area contributed by atoms with E-state index in [-0.39, 0.29) is 24.9 Å². The number of hydrogen-bond acceptors (Lipinski definition) is 5. The zero-order valence-corrected chi connectivity index (χ0v) is 18.3. The number of methoxy groups -OCH3 is 2. The Kier molecular flexibility index (Phi) is 8.40. The summed E-state index contributed by atoms with van der Waals surface area (Å²) in [6.45, 7) is -0.0320. The molecule has 2 aromatic rings. The zero-order valence-electron chi connectivity index (χ0n) is 16.0. The first-order chi connectivity index (χ1) is 13.7. The fourth-order valence-electron chi connectivity index (χ4n) is 2.47. The van der Waals surface area contributed by atoms with Gasteiger partial charge < -0.3 is 20.1 Å². The van der Waals surface area contributed by atoms with Gasteiger partial charge in [0.05, 0.1) is 48.1 Å². The Hall–Kier alpha value is -2.19. The minimum absolute atomic E-state index is 0.00578. The number of likely N-dealkylation sites (N-methyl/N-ethyl adjacent to an activating group) is 1. The van der Waals surface area contributed by atoms with E-state index in [4.69, 9.17) is 44.3 Å². The quantitative estimate of drug-likeness (QED) is 0.618. The third kappa shape index (κ3) is 6.68. The van der Waals surface area contributed by atoms with Crippen LogP contribution >= 0.6 is 34.8 Å². The summed E-state index contributed by atoms with van der Waals surface area (Å²) in [6, 6.07) is 7.89. The molecule has 0 saturated carbocycles. The van der Waals surface area contributed by atoms with Gasteiger partial charge in [0, 0.05) is 11.8 Å². The Balaban J connectivity index is 1.92. The van der Waals surface area contributed by atoms with Crippen molar-refractivity contribution in [2.45, 2.75) is 0 Å². The molecule has 0 atom stereocenters. The van der Waals surface area contributed by atoms with Gasteiger partial charge in [-0.05, 0) is 31.3 Å². The van der Waals surface area contributed by atoms with Crippen LogP contribution < -0.4 is 20.1 Å². The molecule has 0 spiro atoms. The second-order valence-corrected chi connectivity index (χ2v) is 7.31. The highest BCUT2D eigenvalue weighted by atomic mass is 35.5. The molecular formula is C19H20Cl3N3O4. The second-order valence-electron chi connectivity index (χ2n) is 6.08. The number of nitrogens with one attached hydrogen (secondary N) is 2. The van der Waals surface area contributed by atoms with Crippen molar-refractivity contribution in [3.8, 4) is 11.5 Å². The van der Waals surface area contributed by atoms with Crippen molar-refractivity contribution in [3.63, 3.8) is 0 Å². The summed E-state index contributed by atoms with van der Waals surface area (Å²) in [4.78, 5) is 26.1. The van der Waals surface area contributed by atoms with Gasteiger partial charge in [-0.3, -0.25) is 14.5 Å². The van der Waals surface area contributed by atoms with Crippen LogP contribution in [-0.4, -0.2) is 51.1 Å². The van der Waals surface area contributed by atoms with Crippen LogP contribution in [0.25, 0.3) is 0 Å². The number of benzene rings is 2. The normalized spacial score (nSPS) is 10.6. The summed E-state index contributed by atoms with van der Waals surface area (Å²) in [5, 5.41) is 6.47. The van der Waals surface area contributed by atoms with Crippen LogP contribution in [0, 0.1) is 0 Å². The highest BCUT2D eigenvalue weighted by Gasteiger charge is 2.15. The minimum Gasteiger partial charge on any atom is -0.495 e. The lowest BCUT2D eigenvalue weighted by Crippen LogP contribution is -2.36. The topological polar surface area (TPSA) is 79.9 Å².